The molecule has 31 heavy (non-hydrogen) atoms. The molecule has 0 unspecified atom stereocenters. The molecule has 0 aliphatic carbocycles. The number of pyridine rings is 1. The van der Waals surface area contributed by atoms with Gasteiger partial charge in [-0.2, -0.15) is 22.7 Å². The van der Waals surface area contributed by atoms with Gasteiger partial charge in [0.2, 0.25) is 10.0 Å². The predicted molar refractivity (Wildman–Crippen MR) is 95.6 cm³/mol. The fraction of sp³-hybridized carbons (Fsp3) is 0.333. The molecule has 0 amide bonds. The van der Waals surface area contributed by atoms with Crippen molar-refractivity contribution in [2.75, 3.05) is 19.7 Å². The van der Waals surface area contributed by atoms with Crippen LogP contribution in [0, 0.1) is 17.1 Å². The van der Waals surface area contributed by atoms with E-state index in [2.05, 4.69) is 4.98 Å². The van der Waals surface area contributed by atoms with E-state index >= 15 is 0 Å². The van der Waals surface area contributed by atoms with Crippen LogP contribution in [0.1, 0.15) is 11.3 Å². The summed E-state index contributed by atoms with van der Waals surface area (Å²) < 4.78 is 83.5. The molecule has 0 saturated carbocycles. The first-order chi connectivity index (χ1) is 14.4. The topological polar surface area (TPSA) is 124 Å². The number of aromatic nitrogens is 1. The highest BCUT2D eigenvalue weighted by molar-refractivity contribution is 7.89. The monoisotopic (exact) mass is 461 g/mol. The molecule has 0 spiro atoms. The van der Waals surface area contributed by atoms with Crippen LogP contribution in [0.4, 0.5) is 17.6 Å². The van der Waals surface area contributed by atoms with Gasteiger partial charge in [0.15, 0.2) is 0 Å². The molecule has 0 bridgehead atoms. The Kier molecular flexibility index (Phi) is 5.94. The van der Waals surface area contributed by atoms with Crippen molar-refractivity contribution < 1.29 is 40.9 Å². The normalized spacial score (nSPS) is 22.3. The highest BCUT2D eigenvalue weighted by Gasteiger charge is 2.51. The first-order valence-electron chi connectivity index (χ1n) is 8.63. The second-order valence-electron chi connectivity index (χ2n) is 6.80. The fourth-order valence-corrected chi connectivity index (χ4v) is 4.43. The summed E-state index contributed by atoms with van der Waals surface area (Å²) in [7, 11) is -4.39. The number of hydrogen-bond acceptors (Lipinski definition) is 7. The average molecular weight is 461 g/mol. The van der Waals surface area contributed by atoms with Crippen molar-refractivity contribution in [2.24, 2.45) is 0 Å². The van der Waals surface area contributed by atoms with Gasteiger partial charge in [0.25, 0.3) is 0 Å². The molecule has 2 heterocycles. The van der Waals surface area contributed by atoms with Gasteiger partial charge >= 0.3 is 6.18 Å². The van der Waals surface area contributed by atoms with Gasteiger partial charge in [-0.05, 0) is 24.3 Å². The SMILES string of the molecule is N#Cc1ccc(O[C@H]2CN(S(=O)(=O)c3ccc(C(F)(F)F)nc3)C[C@@]2(O)CO)cc1F. The molecular weight excluding hydrogens is 446 g/mol. The lowest BCUT2D eigenvalue weighted by Gasteiger charge is -2.27. The number of alkyl halides is 3. The van der Waals surface area contributed by atoms with Gasteiger partial charge in [-0.3, -0.25) is 4.98 Å². The number of rotatable bonds is 5. The zero-order chi connectivity index (χ0) is 23.0. The Morgan fingerprint density at radius 3 is 2.55 bits per heavy atom. The number of hydrogen-bond donors (Lipinski definition) is 2. The molecule has 2 aromatic rings. The van der Waals surface area contributed by atoms with Crippen LogP contribution in [0.5, 0.6) is 5.75 Å². The summed E-state index contributed by atoms with van der Waals surface area (Å²) in [5.41, 5.74) is -3.60. The quantitative estimate of drug-likeness (QED) is 0.643. The summed E-state index contributed by atoms with van der Waals surface area (Å²) >= 11 is 0. The Labute approximate surface area is 174 Å². The third-order valence-electron chi connectivity index (χ3n) is 4.70. The number of sulfonamides is 1. The maximum atomic E-state index is 13.8. The molecule has 1 fully saturated rings. The Morgan fingerprint density at radius 2 is 2.03 bits per heavy atom. The minimum atomic E-state index is -4.75. The molecule has 1 aromatic carbocycles. The Bertz CT molecular complexity index is 1120. The molecule has 1 aliphatic heterocycles. The third kappa shape index (κ3) is 4.47. The van der Waals surface area contributed by atoms with Crippen LogP contribution in [0.2, 0.25) is 0 Å². The van der Waals surface area contributed by atoms with Crippen molar-refractivity contribution in [3.8, 4) is 11.8 Å². The van der Waals surface area contributed by atoms with Gasteiger partial charge in [-0.25, -0.2) is 12.8 Å². The zero-order valence-electron chi connectivity index (χ0n) is 15.5. The molecule has 8 nitrogen and oxygen atoms in total. The second kappa shape index (κ2) is 8.04. The van der Waals surface area contributed by atoms with Crippen molar-refractivity contribution in [3.63, 3.8) is 0 Å². The van der Waals surface area contributed by atoms with E-state index in [4.69, 9.17) is 10.00 Å². The van der Waals surface area contributed by atoms with E-state index in [1.807, 2.05) is 0 Å². The summed E-state index contributed by atoms with van der Waals surface area (Å²) in [5, 5.41) is 29.0. The lowest BCUT2D eigenvalue weighted by molar-refractivity contribution is -0.141. The van der Waals surface area contributed by atoms with Crippen molar-refractivity contribution in [1.82, 2.24) is 9.29 Å². The van der Waals surface area contributed by atoms with Gasteiger partial charge in [0.05, 0.1) is 18.7 Å². The Balaban J connectivity index is 1.85. The maximum Gasteiger partial charge on any atom is 0.433 e. The molecule has 1 saturated heterocycles. The van der Waals surface area contributed by atoms with Crippen LogP contribution in [-0.2, 0) is 16.2 Å². The number of β-amino-alcohol motifs (C(OH)–C–C–N with tert-alkyl or cyclic N) is 1. The summed E-state index contributed by atoms with van der Waals surface area (Å²) in [4.78, 5) is 2.56. The number of aliphatic hydroxyl groups excluding tert-OH is 1. The van der Waals surface area contributed by atoms with E-state index in [1.165, 1.54) is 6.07 Å². The lowest BCUT2D eigenvalue weighted by Crippen LogP contribution is -2.48. The first-order valence-corrected chi connectivity index (χ1v) is 10.1. The van der Waals surface area contributed by atoms with Crippen LogP contribution >= 0.6 is 0 Å². The Morgan fingerprint density at radius 1 is 1.32 bits per heavy atom. The van der Waals surface area contributed by atoms with Crippen molar-refractivity contribution in [2.45, 2.75) is 22.8 Å². The number of nitrogens with zero attached hydrogens (tertiary/aromatic N) is 3. The number of ether oxygens (including phenoxy) is 1. The van der Waals surface area contributed by atoms with Crippen LogP contribution < -0.4 is 4.74 Å². The van der Waals surface area contributed by atoms with E-state index in [-0.39, 0.29) is 11.3 Å². The third-order valence-corrected chi connectivity index (χ3v) is 6.49. The zero-order valence-corrected chi connectivity index (χ0v) is 16.4. The van der Waals surface area contributed by atoms with Crippen molar-refractivity contribution >= 4 is 10.0 Å². The van der Waals surface area contributed by atoms with E-state index in [0.29, 0.717) is 12.3 Å². The van der Waals surface area contributed by atoms with Crippen LogP contribution in [-0.4, -0.2) is 59.3 Å². The minimum Gasteiger partial charge on any atom is -0.486 e. The van der Waals surface area contributed by atoms with E-state index in [9.17, 15) is 36.2 Å². The van der Waals surface area contributed by atoms with Gasteiger partial charge in [-0.15, -0.1) is 0 Å². The van der Waals surface area contributed by atoms with Gasteiger partial charge in [-0.1, -0.05) is 0 Å². The minimum absolute atomic E-state index is 0.121. The molecular formula is C18H15F4N3O5S. The van der Waals surface area contributed by atoms with Crippen LogP contribution in [0.3, 0.4) is 0 Å². The average Bonchev–Trinajstić information content (AvgIpc) is 3.05. The number of halogens is 4. The molecule has 0 radical (unpaired) electrons. The Hall–Kier alpha value is -2.79. The van der Waals surface area contributed by atoms with Crippen molar-refractivity contribution in [1.29, 1.82) is 5.26 Å². The molecule has 1 aliphatic rings. The van der Waals surface area contributed by atoms with E-state index in [0.717, 1.165) is 22.5 Å². The highest BCUT2D eigenvalue weighted by Crippen LogP contribution is 2.32. The van der Waals surface area contributed by atoms with Gasteiger partial charge in [0, 0.05) is 18.8 Å². The lowest BCUT2D eigenvalue weighted by atomic mass is 10.0. The fourth-order valence-electron chi connectivity index (χ4n) is 2.98. The number of benzene rings is 1. The van der Waals surface area contributed by atoms with E-state index < -0.39 is 64.0 Å². The molecule has 3 rings (SSSR count). The summed E-state index contributed by atoms with van der Waals surface area (Å²) in [6, 6.07) is 6.08. The standard InChI is InChI=1S/C18H15F4N3O5S/c19-14-5-12(2-1-11(14)6-23)30-16-8-25(9-17(16,27)10-26)31(28,29)13-3-4-15(24-7-13)18(20,21)22/h1-5,7,16,26-27H,8-10H2/t16-,17+/m0/s1. The van der Waals surface area contributed by atoms with Crippen LogP contribution in [0.25, 0.3) is 0 Å². The smallest absolute Gasteiger partial charge is 0.433 e. The number of aliphatic hydroxyl groups is 2. The van der Waals surface area contributed by atoms with Crippen LogP contribution in [0.15, 0.2) is 41.4 Å². The molecule has 166 valence electrons. The molecule has 13 heteroatoms. The second-order valence-corrected chi connectivity index (χ2v) is 8.73. The predicted octanol–water partition coefficient (Wildman–Crippen LogP) is 1.29. The first kappa shape index (κ1) is 22.9. The maximum absolute atomic E-state index is 13.8. The molecule has 1 aromatic heterocycles. The van der Waals surface area contributed by atoms with Gasteiger partial charge < -0.3 is 14.9 Å². The number of nitriles is 1. The van der Waals surface area contributed by atoms with Gasteiger partial charge in [0.1, 0.15) is 39.9 Å². The summed E-state index contributed by atoms with van der Waals surface area (Å²) in [6.07, 6.45) is -5.54. The largest absolute Gasteiger partial charge is 0.486 e. The molecule has 2 atom stereocenters. The molecule has 2 N–H and O–H groups in total. The highest BCUT2D eigenvalue weighted by atomic mass is 32.2. The summed E-state index contributed by atoms with van der Waals surface area (Å²) in [5.74, 6) is -1.02. The van der Waals surface area contributed by atoms with Crippen molar-refractivity contribution in [3.05, 3.63) is 53.6 Å². The summed E-state index contributed by atoms with van der Waals surface area (Å²) in [6.45, 7) is -2.02. The van der Waals surface area contributed by atoms with E-state index in [1.54, 1.807) is 6.07 Å².